The van der Waals surface area contributed by atoms with Crippen molar-refractivity contribution >= 4 is 5.57 Å². The first-order chi connectivity index (χ1) is 15.9. The summed E-state index contributed by atoms with van der Waals surface area (Å²) in [4.78, 5) is 4.99. The van der Waals surface area contributed by atoms with Crippen LogP contribution in [0.15, 0.2) is 30.8 Å². The van der Waals surface area contributed by atoms with Crippen molar-refractivity contribution in [1.82, 2.24) is 4.98 Å². The molecule has 0 radical (unpaired) electrons. The molecule has 2 atom stereocenters. The molecule has 4 nitrogen and oxygen atoms in total. The fourth-order valence-electron chi connectivity index (χ4n) is 5.87. The van der Waals surface area contributed by atoms with Crippen LogP contribution in [0.4, 0.5) is 13.2 Å². The molecule has 0 bridgehead atoms. The van der Waals surface area contributed by atoms with Gasteiger partial charge in [0.2, 0.25) is 0 Å². The highest BCUT2D eigenvalue weighted by Gasteiger charge is 2.52. The van der Waals surface area contributed by atoms with Gasteiger partial charge in [0.25, 0.3) is 0 Å². The number of fused-ring (bicyclic) bond motifs is 4. The minimum atomic E-state index is -4.41. The number of hydrogen-bond donors (Lipinski definition) is 1. The Bertz CT molecular complexity index is 1130. The van der Waals surface area contributed by atoms with E-state index in [9.17, 15) is 18.3 Å². The molecular formula is C27H30F3NO3. The zero-order valence-corrected chi connectivity index (χ0v) is 19.8. The first-order valence-corrected chi connectivity index (χ1v) is 11.8. The van der Waals surface area contributed by atoms with E-state index < -0.39 is 29.5 Å². The van der Waals surface area contributed by atoms with Gasteiger partial charge in [0.1, 0.15) is 6.10 Å². The van der Waals surface area contributed by atoms with E-state index in [0.29, 0.717) is 43.7 Å². The summed E-state index contributed by atoms with van der Waals surface area (Å²) in [6.45, 7) is 11.3. The molecule has 5 rings (SSSR count). The number of aliphatic hydroxyl groups excluding tert-OH is 1. The second-order valence-electron chi connectivity index (χ2n) is 10.7. The van der Waals surface area contributed by atoms with Gasteiger partial charge in [0.05, 0.1) is 23.0 Å². The highest BCUT2D eigenvalue weighted by Crippen LogP contribution is 2.57. The van der Waals surface area contributed by atoms with Gasteiger partial charge in [-0.1, -0.05) is 32.6 Å². The number of nitrogens with zero attached hydrogens (tertiary/aromatic N) is 1. The SMILES string of the molecule is C=C(C)c1nc2c(c3c1[C@@H](c1ccc(C(F)(F)F)cc1)OC31CCOCC1)[C@@H](O)CC(C)(C)C2. The number of pyridine rings is 1. The van der Waals surface area contributed by atoms with E-state index in [1.807, 2.05) is 6.92 Å². The maximum atomic E-state index is 13.2. The molecule has 1 aromatic heterocycles. The van der Waals surface area contributed by atoms with Crippen LogP contribution < -0.4 is 0 Å². The Morgan fingerprint density at radius 2 is 1.76 bits per heavy atom. The first kappa shape index (κ1) is 23.5. The molecule has 0 unspecified atom stereocenters. The molecule has 182 valence electrons. The third-order valence-electron chi connectivity index (χ3n) is 7.38. The minimum absolute atomic E-state index is 0.102. The Kier molecular flexibility index (Phi) is 5.47. The fraction of sp³-hybridized carbons (Fsp3) is 0.519. The fourth-order valence-corrected chi connectivity index (χ4v) is 5.87. The Morgan fingerprint density at radius 3 is 2.35 bits per heavy atom. The summed E-state index contributed by atoms with van der Waals surface area (Å²) in [6.07, 6.45) is -3.13. The monoisotopic (exact) mass is 473 g/mol. The van der Waals surface area contributed by atoms with Crippen molar-refractivity contribution in [2.24, 2.45) is 5.41 Å². The molecule has 2 aromatic rings. The van der Waals surface area contributed by atoms with Gasteiger partial charge in [0.15, 0.2) is 0 Å². The summed E-state index contributed by atoms with van der Waals surface area (Å²) in [5.74, 6) is 0. The maximum absolute atomic E-state index is 13.2. The lowest BCUT2D eigenvalue weighted by Crippen LogP contribution is -2.37. The summed E-state index contributed by atoms with van der Waals surface area (Å²) >= 11 is 0. The smallest absolute Gasteiger partial charge is 0.388 e. The topological polar surface area (TPSA) is 51.6 Å². The first-order valence-electron chi connectivity index (χ1n) is 11.8. The number of benzene rings is 1. The number of ether oxygens (including phenoxy) is 2. The largest absolute Gasteiger partial charge is 0.416 e. The third-order valence-corrected chi connectivity index (χ3v) is 7.38. The zero-order chi connectivity index (χ0) is 24.5. The number of allylic oxidation sites excluding steroid dienone is 1. The van der Waals surface area contributed by atoms with E-state index in [2.05, 4.69) is 20.4 Å². The van der Waals surface area contributed by atoms with Crippen molar-refractivity contribution in [2.75, 3.05) is 13.2 Å². The van der Waals surface area contributed by atoms with E-state index in [4.69, 9.17) is 14.5 Å². The van der Waals surface area contributed by atoms with Crippen molar-refractivity contribution in [2.45, 2.75) is 70.4 Å². The van der Waals surface area contributed by atoms with Crippen molar-refractivity contribution in [3.8, 4) is 0 Å². The van der Waals surface area contributed by atoms with Gasteiger partial charge in [-0.2, -0.15) is 13.2 Å². The highest BCUT2D eigenvalue weighted by molar-refractivity contribution is 5.68. The van der Waals surface area contributed by atoms with Gasteiger partial charge in [-0.15, -0.1) is 0 Å². The normalized spacial score (nSPS) is 25.1. The van der Waals surface area contributed by atoms with Gasteiger partial charge in [-0.3, -0.25) is 4.98 Å². The third kappa shape index (κ3) is 3.78. The molecule has 2 aliphatic heterocycles. The molecule has 1 aromatic carbocycles. The molecule has 7 heteroatoms. The van der Waals surface area contributed by atoms with E-state index >= 15 is 0 Å². The van der Waals surface area contributed by atoms with Crippen LogP contribution >= 0.6 is 0 Å². The number of rotatable bonds is 2. The molecule has 3 heterocycles. The summed E-state index contributed by atoms with van der Waals surface area (Å²) < 4.78 is 52.0. The number of halogens is 3. The van der Waals surface area contributed by atoms with Gasteiger partial charge in [0, 0.05) is 42.9 Å². The van der Waals surface area contributed by atoms with Crippen molar-refractivity contribution < 1.29 is 27.8 Å². The van der Waals surface area contributed by atoms with E-state index in [0.717, 1.165) is 46.5 Å². The average molecular weight is 474 g/mol. The van der Waals surface area contributed by atoms with Crippen LogP contribution in [0.2, 0.25) is 0 Å². The lowest BCUT2D eigenvalue weighted by atomic mass is 9.70. The molecule has 1 fully saturated rings. The molecule has 1 saturated heterocycles. The highest BCUT2D eigenvalue weighted by atomic mass is 19.4. The molecule has 0 saturated carbocycles. The summed E-state index contributed by atoms with van der Waals surface area (Å²) in [5, 5.41) is 11.3. The summed E-state index contributed by atoms with van der Waals surface area (Å²) in [7, 11) is 0. The summed E-state index contributed by atoms with van der Waals surface area (Å²) in [6, 6.07) is 5.15. The Hall–Kier alpha value is -2.22. The van der Waals surface area contributed by atoms with Gasteiger partial charge in [-0.25, -0.2) is 0 Å². The average Bonchev–Trinajstić information content (AvgIpc) is 3.06. The molecule has 1 aliphatic carbocycles. The molecular weight excluding hydrogens is 443 g/mol. The van der Waals surface area contributed by atoms with Crippen LogP contribution in [0.1, 0.15) is 91.4 Å². The predicted octanol–water partition coefficient (Wildman–Crippen LogP) is 6.26. The maximum Gasteiger partial charge on any atom is 0.416 e. The molecule has 1 spiro atoms. The van der Waals surface area contributed by atoms with Crippen molar-refractivity contribution in [1.29, 1.82) is 0 Å². The van der Waals surface area contributed by atoms with Gasteiger partial charge < -0.3 is 14.6 Å². The second-order valence-corrected chi connectivity index (χ2v) is 10.7. The number of aliphatic hydroxyl groups is 1. The van der Waals surface area contributed by atoms with Crippen LogP contribution in [0, 0.1) is 5.41 Å². The van der Waals surface area contributed by atoms with Crippen LogP contribution in [0.5, 0.6) is 0 Å². The van der Waals surface area contributed by atoms with Crippen LogP contribution in [-0.2, 0) is 27.7 Å². The zero-order valence-electron chi connectivity index (χ0n) is 19.8. The quantitative estimate of drug-likeness (QED) is 0.559. The lowest BCUT2D eigenvalue weighted by molar-refractivity contribution is -0.137. The van der Waals surface area contributed by atoms with Crippen LogP contribution in [-0.4, -0.2) is 23.3 Å². The summed E-state index contributed by atoms with van der Waals surface area (Å²) in [5.41, 5.74) is 4.10. The van der Waals surface area contributed by atoms with Crippen molar-refractivity contribution in [3.05, 3.63) is 70.0 Å². The van der Waals surface area contributed by atoms with E-state index in [1.165, 1.54) is 12.1 Å². The lowest BCUT2D eigenvalue weighted by Gasteiger charge is -2.40. The van der Waals surface area contributed by atoms with Crippen LogP contribution in [0.25, 0.3) is 5.57 Å². The van der Waals surface area contributed by atoms with E-state index in [1.54, 1.807) is 0 Å². The number of hydrogen-bond acceptors (Lipinski definition) is 4. The van der Waals surface area contributed by atoms with Crippen molar-refractivity contribution in [3.63, 3.8) is 0 Å². The van der Waals surface area contributed by atoms with Gasteiger partial charge >= 0.3 is 6.18 Å². The molecule has 34 heavy (non-hydrogen) atoms. The Morgan fingerprint density at radius 1 is 1.12 bits per heavy atom. The standard InChI is InChI=1S/C27H30F3NO3/c1-15(2)23-21-22(20-18(31-23)13-25(3,4)14-19(20)32)26(9-11-33-12-10-26)34-24(21)16-5-7-17(8-6-16)27(28,29)30/h5-8,19,24,32H,1,9-14H2,2-4H3/t19-,24+/m0/s1. The van der Waals surface area contributed by atoms with Crippen LogP contribution in [0.3, 0.4) is 0 Å². The number of alkyl halides is 3. The molecule has 3 aliphatic rings. The van der Waals surface area contributed by atoms with E-state index in [-0.39, 0.29) is 5.41 Å². The van der Waals surface area contributed by atoms with Gasteiger partial charge in [-0.05, 0) is 54.0 Å². The predicted molar refractivity (Wildman–Crippen MR) is 122 cm³/mol. The Balaban J connectivity index is 1.75. The Labute approximate surface area is 197 Å². The molecule has 1 N–H and O–H groups in total. The second kappa shape index (κ2) is 7.90. The minimum Gasteiger partial charge on any atom is -0.388 e. The molecule has 0 amide bonds. The number of aromatic nitrogens is 1.